The molecule has 4 heteroatoms. The van der Waals surface area contributed by atoms with E-state index in [1.54, 1.807) is 0 Å². The number of ether oxygens (including phenoxy) is 1. The average Bonchev–Trinajstić information content (AvgIpc) is 2.55. The Bertz CT molecular complexity index is 295. The molecule has 2 rings (SSSR count). The van der Waals surface area contributed by atoms with Gasteiger partial charge in [0, 0.05) is 25.6 Å². The summed E-state index contributed by atoms with van der Waals surface area (Å²) in [5.74, 6) is 1.28. The molecule has 0 spiro atoms. The van der Waals surface area contributed by atoms with Crippen LogP contribution in [0.4, 0.5) is 0 Å². The summed E-state index contributed by atoms with van der Waals surface area (Å²) in [5, 5.41) is 3.21. The lowest BCUT2D eigenvalue weighted by molar-refractivity contribution is -0.126. The fraction of sp³-hybridized carbons (Fsp3) is 0.941. The molecule has 122 valence electrons. The van der Waals surface area contributed by atoms with Crippen LogP contribution in [-0.2, 0) is 9.53 Å². The molecular formula is C17H32N2O2. The third-order valence-corrected chi connectivity index (χ3v) is 5.00. The minimum Gasteiger partial charge on any atom is -0.380 e. The SMILES string of the molecule is CCOCCN1CCC(CNC(=O)C2CCCCC2)CC1. The van der Waals surface area contributed by atoms with Crippen molar-refractivity contribution < 1.29 is 9.53 Å². The van der Waals surface area contributed by atoms with E-state index in [2.05, 4.69) is 10.2 Å². The Labute approximate surface area is 129 Å². The number of piperidine rings is 1. The molecule has 0 aromatic heterocycles. The fourth-order valence-corrected chi connectivity index (χ4v) is 3.51. The minimum atomic E-state index is 0.296. The van der Waals surface area contributed by atoms with E-state index in [4.69, 9.17) is 4.74 Å². The van der Waals surface area contributed by atoms with Gasteiger partial charge in [-0.2, -0.15) is 0 Å². The van der Waals surface area contributed by atoms with Gasteiger partial charge in [0.1, 0.15) is 0 Å². The molecule has 0 aromatic rings. The topological polar surface area (TPSA) is 41.6 Å². The number of carbonyl (C=O) groups is 1. The number of nitrogens with zero attached hydrogens (tertiary/aromatic N) is 1. The molecule has 1 N–H and O–H groups in total. The average molecular weight is 296 g/mol. The number of nitrogens with one attached hydrogen (secondary N) is 1. The van der Waals surface area contributed by atoms with Gasteiger partial charge in [0.25, 0.3) is 0 Å². The van der Waals surface area contributed by atoms with E-state index in [0.717, 1.165) is 52.2 Å². The molecule has 1 saturated carbocycles. The summed E-state index contributed by atoms with van der Waals surface area (Å²) in [7, 11) is 0. The van der Waals surface area contributed by atoms with Gasteiger partial charge in [-0.15, -0.1) is 0 Å². The van der Waals surface area contributed by atoms with Gasteiger partial charge in [0.05, 0.1) is 6.61 Å². The first-order valence-corrected chi connectivity index (χ1v) is 8.87. The van der Waals surface area contributed by atoms with Crippen molar-refractivity contribution >= 4 is 5.91 Å². The number of hydrogen-bond acceptors (Lipinski definition) is 3. The first-order chi connectivity index (χ1) is 10.3. The molecule has 1 amide bonds. The molecule has 0 bridgehead atoms. The van der Waals surface area contributed by atoms with E-state index in [1.807, 2.05) is 6.92 Å². The highest BCUT2D eigenvalue weighted by Gasteiger charge is 2.23. The number of hydrogen-bond donors (Lipinski definition) is 1. The van der Waals surface area contributed by atoms with Crippen LogP contribution >= 0.6 is 0 Å². The second-order valence-electron chi connectivity index (χ2n) is 6.56. The van der Waals surface area contributed by atoms with E-state index in [1.165, 1.54) is 32.1 Å². The monoisotopic (exact) mass is 296 g/mol. The molecule has 0 aromatic carbocycles. The Balaban J connectivity index is 1.57. The molecule has 0 atom stereocenters. The molecule has 0 radical (unpaired) electrons. The third kappa shape index (κ3) is 5.95. The Hall–Kier alpha value is -0.610. The minimum absolute atomic E-state index is 0.296. The quantitative estimate of drug-likeness (QED) is 0.734. The molecule has 2 fully saturated rings. The Morgan fingerprint density at radius 2 is 1.86 bits per heavy atom. The third-order valence-electron chi connectivity index (χ3n) is 5.00. The van der Waals surface area contributed by atoms with Crippen LogP contribution < -0.4 is 5.32 Å². The van der Waals surface area contributed by atoms with E-state index in [0.29, 0.717) is 17.7 Å². The van der Waals surface area contributed by atoms with Gasteiger partial charge in [0.2, 0.25) is 5.91 Å². The summed E-state index contributed by atoms with van der Waals surface area (Å²) in [4.78, 5) is 14.6. The van der Waals surface area contributed by atoms with Gasteiger partial charge in [-0.05, 0) is 51.6 Å². The van der Waals surface area contributed by atoms with Crippen LogP contribution in [0.15, 0.2) is 0 Å². The van der Waals surface area contributed by atoms with Crippen molar-refractivity contribution in [1.29, 1.82) is 0 Å². The number of likely N-dealkylation sites (tertiary alicyclic amines) is 1. The lowest BCUT2D eigenvalue weighted by Crippen LogP contribution is -2.41. The first-order valence-electron chi connectivity index (χ1n) is 8.87. The van der Waals surface area contributed by atoms with Crippen molar-refractivity contribution in [3.63, 3.8) is 0 Å². The number of rotatable bonds is 7. The van der Waals surface area contributed by atoms with Crippen LogP contribution in [-0.4, -0.2) is 50.2 Å². The molecule has 0 unspecified atom stereocenters. The van der Waals surface area contributed by atoms with Gasteiger partial charge in [0.15, 0.2) is 0 Å². The predicted molar refractivity (Wildman–Crippen MR) is 85.2 cm³/mol. The van der Waals surface area contributed by atoms with Crippen LogP contribution in [0.5, 0.6) is 0 Å². The molecule has 1 aliphatic carbocycles. The summed E-state index contributed by atoms with van der Waals surface area (Å²) in [5.41, 5.74) is 0. The molecule has 2 aliphatic rings. The lowest BCUT2D eigenvalue weighted by atomic mass is 9.88. The normalized spacial score (nSPS) is 22.3. The Kier molecular flexibility index (Phi) is 7.51. The summed E-state index contributed by atoms with van der Waals surface area (Å²) in [6.07, 6.45) is 8.38. The highest BCUT2D eigenvalue weighted by atomic mass is 16.5. The predicted octanol–water partition coefficient (Wildman–Crippen LogP) is 2.43. The summed E-state index contributed by atoms with van der Waals surface area (Å²) < 4.78 is 5.41. The van der Waals surface area contributed by atoms with Gasteiger partial charge < -0.3 is 15.0 Å². The lowest BCUT2D eigenvalue weighted by Gasteiger charge is -2.32. The maximum atomic E-state index is 12.1. The largest absolute Gasteiger partial charge is 0.380 e. The van der Waals surface area contributed by atoms with Crippen molar-refractivity contribution in [1.82, 2.24) is 10.2 Å². The van der Waals surface area contributed by atoms with E-state index in [9.17, 15) is 4.79 Å². The van der Waals surface area contributed by atoms with Crippen LogP contribution in [0.2, 0.25) is 0 Å². The number of carbonyl (C=O) groups excluding carboxylic acids is 1. The van der Waals surface area contributed by atoms with Crippen molar-refractivity contribution in [2.24, 2.45) is 11.8 Å². The van der Waals surface area contributed by atoms with Crippen LogP contribution in [0, 0.1) is 11.8 Å². The molecule has 1 aliphatic heterocycles. The highest BCUT2D eigenvalue weighted by molar-refractivity contribution is 5.78. The second-order valence-corrected chi connectivity index (χ2v) is 6.56. The van der Waals surface area contributed by atoms with Gasteiger partial charge in [-0.3, -0.25) is 4.79 Å². The van der Waals surface area contributed by atoms with Gasteiger partial charge in [-0.25, -0.2) is 0 Å². The van der Waals surface area contributed by atoms with Crippen LogP contribution in [0.25, 0.3) is 0 Å². The van der Waals surface area contributed by atoms with Crippen molar-refractivity contribution in [3.8, 4) is 0 Å². The van der Waals surface area contributed by atoms with Gasteiger partial charge >= 0.3 is 0 Å². The first kappa shape index (κ1) is 16.8. The summed E-state index contributed by atoms with van der Waals surface area (Å²) in [6, 6.07) is 0. The van der Waals surface area contributed by atoms with E-state index in [-0.39, 0.29) is 0 Å². The smallest absolute Gasteiger partial charge is 0.223 e. The molecule has 4 nitrogen and oxygen atoms in total. The maximum Gasteiger partial charge on any atom is 0.223 e. The fourth-order valence-electron chi connectivity index (χ4n) is 3.51. The summed E-state index contributed by atoms with van der Waals surface area (Å²) >= 11 is 0. The Morgan fingerprint density at radius 1 is 1.14 bits per heavy atom. The zero-order valence-corrected chi connectivity index (χ0v) is 13.6. The zero-order valence-electron chi connectivity index (χ0n) is 13.6. The maximum absolute atomic E-state index is 12.1. The van der Waals surface area contributed by atoms with E-state index >= 15 is 0 Å². The van der Waals surface area contributed by atoms with Crippen molar-refractivity contribution in [3.05, 3.63) is 0 Å². The standard InChI is InChI=1S/C17H32N2O2/c1-2-21-13-12-19-10-8-15(9-11-19)14-18-17(20)16-6-4-3-5-7-16/h15-16H,2-14H2,1H3,(H,18,20). The zero-order chi connectivity index (χ0) is 14.9. The van der Waals surface area contributed by atoms with Crippen molar-refractivity contribution in [2.45, 2.75) is 51.9 Å². The molecule has 21 heavy (non-hydrogen) atoms. The van der Waals surface area contributed by atoms with Crippen LogP contribution in [0.3, 0.4) is 0 Å². The molecule has 1 saturated heterocycles. The number of amides is 1. The van der Waals surface area contributed by atoms with Crippen LogP contribution in [0.1, 0.15) is 51.9 Å². The van der Waals surface area contributed by atoms with Gasteiger partial charge in [-0.1, -0.05) is 19.3 Å². The second kappa shape index (κ2) is 9.42. The molecular weight excluding hydrogens is 264 g/mol. The van der Waals surface area contributed by atoms with E-state index < -0.39 is 0 Å². The Morgan fingerprint density at radius 3 is 2.52 bits per heavy atom. The molecule has 1 heterocycles. The van der Waals surface area contributed by atoms with Crippen molar-refractivity contribution in [2.75, 3.05) is 39.4 Å². The highest BCUT2D eigenvalue weighted by Crippen LogP contribution is 2.24. The summed E-state index contributed by atoms with van der Waals surface area (Å²) in [6.45, 7) is 7.93.